The van der Waals surface area contributed by atoms with Gasteiger partial charge < -0.3 is 15.6 Å². The third-order valence-electron chi connectivity index (χ3n) is 1.94. The van der Waals surface area contributed by atoms with Crippen LogP contribution in [0.3, 0.4) is 0 Å². The van der Waals surface area contributed by atoms with Crippen molar-refractivity contribution in [3.63, 3.8) is 0 Å². The molecule has 0 heterocycles. The van der Waals surface area contributed by atoms with Crippen LogP contribution in [0.2, 0.25) is 0 Å². The highest BCUT2D eigenvalue weighted by molar-refractivity contribution is 5.72. The number of hydrogen-bond acceptors (Lipinski definition) is 3. The van der Waals surface area contributed by atoms with Crippen molar-refractivity contribution < 1.29 is 23.4 Å². The van der Waals surface area contributed by atoms with Crippen molar-refractivity contribution in [3.8, 4) is 5.75 Å². The van der Waals surface area contributed by atoms with Gasteiger partial charge in [0.15, 0.2) is 23.5 Å². The van der Waals surface area contributed by atoms with Gasteiger partial charge >= 0.3 is 5.97 Å². The second-order valence-electron chi connectivity index (χ2n) is 3.19. The molecule has 1 unspecified atom stereocenters. The van der Waals surface area contributed by atoms with Gasteiger partial charge in [0.1, 0.15) is 0 Å². The van der Waals surface area contributed by atoms with Gasteiger partial charge in [-0.1, -0.05) is 0 Å². The van der Waals surface area contributed by atoms with Crippen LogP contribution < -0.4 is 10.5 Å². The molecule has 1 aromatic rings. The van der Waals surface area contributed by atoms with Crippen LogP contribution in [-0.4, -0.2) is 17.2 Å². The zero-order valence-corrected chi connectivity index (χ0v) is 8.54. The fourth-order valence-electron chi connectivity index (χ4n) is 1.07. The number of halogens is 2. The van der Waals surface area contributed by atoms with E-state index in [1.165, 1.54) is 6.92 Å². The fraction of sp³-hybridized carbons (Fsp3) is 0.300. The Morgan fingerprint density at radius 2 is 2.00 bits per heavy atom. The number of nitrogens with two attached hydrogens (primary N) is 1. The number of benzene rings is 1. The van der Waals surface area contributed by atoms with Gasteiger partial charge in [-0.2, -0.15) is 0 Å². The first kappa shape index (κ1) is 12.4. The average molecular weight is 231 g/mol. The Morgan fingerprint density at radius 1 is 1.50 bits per heavy atom. The van der Waals surface area contributed by atoms with E-state index in [0.29, 0.717) is 0 Å². The van der Waals surface area contributed by atoms with Crippen molar-refractivity contribution in [1.82, 2.24) is 0 Å². The van der Waals surface area contributed by atoms with E-state index in [9.17, 15) is 13.6 Å². The summed E-state index contributed by atoms with van der Waals surface area (Å²) in [5, 5.41) is 8.54. The molecule has 0 aliphatic heterocycles. The summed E-state index contributed by atoms with van der Waals surface area (Å²) >= 11 is 0. The van der Waals surface area contributed by atoms with E-state index < -0.39 is 29.5 Å². The number of ether oxygens (including phenoxy) is 1. The molecule has 1 rings (SSSR count). The van der Waals surface area contributed by atoms with Crippen LogP contribution >= 0.6 is 0 Å². The number of carbonyl (C=O) groups is 1. The Kier molecular flexibility index (Phi) is 3.78. The summed E-state index contributed by atoms with van der Waals surface area (Å²) in [6.07, 6.45) is -1.33. The fourth-order valence-corrected chi connectivity index (χ4v) is 1.07. The maximum absolute atomic E-state index is 13.3. The average Bonchev–Trinajstić information content (AvgIpc) is 2.22. The first-order valence-electron chi connectivity index (χ1n) is 4.53. The summed E-state index contributed by atoms with van der Waals surface area (Å²) in [6, 6.07) is 2.01. The quantitative estimate of drug-likeness (QED) is 0.818. The second-order valence-corrected chi connectivity index (χ2v) is 3.19. The Morgan fingerprint density at radius 3 is 2.38 bits per heavy atom. The first-order chi connectivity index (χ1) is 7.45. The van der Waals surface area contributed by atoms with Crippen LogP contribution in [-0.2, 0) is 11.3 Å². The Labute approximate surface area is 90.6 Å². The number of hydrogen-bond donors (Lipinski definition) is 2. The maximum Gasteiger partial charge on any atom is 0.344 e. The molecular formula is C10H11F2NO3. The Hall–Kier alpha value is -1.69. The van der Waals surface area contributed by atoms with Gasteiger partial charge in [-0.25, -0.2) is 13.6 Å². The minimum atomic E-state index is -1.33. The van der Waals surface area contributed by atoms with Gasteiger partial charge in [-0.05, 0) is 24.6 Å². The van der Waals surface area contributed by atoms with Crippen molar-refractivity contribution in [2.45, 2.75) is 19.6 Å². The summed E-state index contributed by atoms with van der Waals surface area (Å²) in [5.74, 6) is -3.93. The zero-order valence-electron chi connectivity index (χ0n) is 8.54. The summed E-state index contributed by atoms with van der Waals surface area (Å²) in [5.41, 5.74) is 5.49. The van der Waals surface area contributed by atoms with Crippen LogP contribution in [0.5, 0.6) is 5.75 Å². The van der Waals surface area contributed by atoms with Crippen molar-refractivity contribution in [3.05, 3.63) is 29.3 Å². The van der Waals surface area contributed by atoms with Crippen molar-refractivity contribution in [2.75, 3.05) is 0 Å². The zero-order chi connectivity index (χ0) is 12.3. The lowest BCUT2D eigenvalue weighted by molar-refractivity contribution is -0.144. The summed E-state index contributed by atoms with van der Waals surface area (Å²) in [6.45, 7) is 1.17. The monoisotopic (exact) mass is 231 g/mol. The highest BCUT2D eigenvalue weighted by Crippen LogP contribution is 2.24. The SMILES string of the molecule is CC(Oc1c(F)cc(CN)cc1F)C(=O)O. The van der Waals surface area contributed by atoms with Gasteiger partial charge in [0, 0.05) is 6.54 Å². The Bertz CT molecular complexity index is 386. The van der Waals surface area contributed by atoms with Crippen molar-refractivity contribution in [1.29, 1.82) is 0 Å². The van der Waals surface area contributed by atoms with Crippen LogP contribution in [0.15, 0.2) is 12.1 Å². The predicted molar refractivity (Wildman–Crippen MR) is 52.0 cm³/mol. The summed E-state index contributed by atoms with van der Waals surface area (Å²) < 4.78 is 31.3. The highest BCUT2D eigenvalue weighted by atomic mass is 19.1. The predicted octanol–water partition coefficient (Wildman–Crippen LogP) is 1.28. The highest BCUT2D eigenvalue weighted by Gasteiger charge is 2.19. The van der Waals surface area contributed by atoms with Crippen molar-refractivity contribution >= 4 is 5.97 Å². The van der Waals surface area contributed by atoms with Gasteiger partial charge in [0.2, 0.25) is 0 Å². The van der Waals surface area contributed by atoms with Gasteiger partial charge in [0.05, 0.1) is 0 Å². The second kappa shape index (κ2) is 4.89. The van der Waals surface area contributed by atoms with E-state index >= 15 is 0 Å². The van der Waals surface area contributed by atoms with Gasteiger partial charge in [-0.15, -0.1) is 0 Å². The molecule has 0 fully saturated rings. The van der Waals surface area contributed by atoms with Crippen LogP contribution in [0.25, 0.3) is 0 Å². The van der Waals surface area contributed by atoms with E-state index in [1.54, 1.807) is 0 Å². The number of carboxylic acid groups (broad SMARTS) is 1. The van der Waals surface area contributed by atoms with Crippen molar-refractivity contribution in [2.24, 2.45) is 5.73 Å². The molecule has 0 amide bonds. The summed E-state index contributed by atoms with van der Waals surface area (Å²) in [7, 11) is 0. The minimum absolute atomic E-state index is 0.0113. The summed E-state index contributed by atoms with van der Waals surface area (Å²) in [4.78, 5) is 10.5. The Balaban J connectivity index is 3.01. The van der Waals surface area contributed by atoms with E-state index in [4.69, 9.17) is 10.8 Å². The molecule has 1 aromatic carbocycles. The van der Waals surface area contributed by atoms with E-state index in [-0.39, 0.29) is 12.1 Å². The molecule has 0 aromatic heterocycles. The standard InChI is InChI=1S/C10H11F2NO3/c1-5(10(14)15)16-9-7(11)2-6(4-13)3-8(9)12/h2-3,5H,4,13H2,1H3,(H,14,15). The number of aliphatic carboxylic acids is 1. The molecule has 0 radical (unpaired) electrons. The third-order valence-corrected chi connectivity index (χ3v) is 1.94. The molecule has 3 N–H and O–H groups in total. The normalized spacial score (nSPS) is 12.2. The largest absolute Gasteiger partial charge is 0.479 e. The van der Waals surface area contributed by atoms with Gasteiger partial charge in [0.25, 0.3) is 0 Å². The maximum atomic E-state index is 13.3. The molecule has 0 aliphatic rings. The third kappa shape index (κ3) is 2.66. The molecule has 16 heavy (non-hydrogen) atoms. The molecule has 0 saturated carbocycles. The molecule has 0 spiro atoms. The number of carboxylic acids is 1. The molecular weight excluding hydrogens is 220 g/mol. The molecule has 0 bridgehead atoms. The van der Waals surface area contributed by atoms with E-state index in [1.807, 2.05) is 0 Å². The molecule has 0 saturated heterocycles. The minimum Gasteiger partial charge on any atom is -0.479 e. The van der Waals surface area contributed by atoms with Crippen LogP contribution in [0.1, 0.15) is 12.5 Å². The van der Waals surface area contributed by atoms with Crippen LogP contribution in [0, 0.1) is 11.6 Å². The lowest BCUT2D eigenvalue weighted by atomic mass is 10.2. The van der Waals surface area contributed by atoms with E-state index in [2.05, 4.69) is 4.74 Å². The van der Waals surface area contributed by atoms with Crippen LogP contribution in [0.4, 0.5) is 8.78 Å². The molecule has 0 aliphatic carbocycles. The van der Waals surface area contributed by atoms with Gasteiger partial charge in [-0.3, -0.25) is 0 Å². The first-order valence-corrected chi connectivity index (χ1v) is 4.53. The molecule has 1 atom stereocenters. The lowest BCUT2D eigenvalue weighted by Crippen LogP contribution is -2.24. The molecule has 6 heteroatoms. The molecule has 88 valence electrons. The van der Waals surface area contributed by atoms with E-state index in [0.717, 1.165) is 12.1 Å². The smallest absolute Gasteiger partial charge is 0.344 e. The lowest BCUT2D eigenvalue weighted by Gasteiger charge is -2.12. The topological polar surface area (TPSA) is 72.5 Å². The number of rotatable bonds is 4. The molecule has 4 nitrogen and oxygen atoms in total.